The van der Waals surface area contributed by atoms with E-state index in [1.165, 1.54) is 0 Å². The molecule has 0 saturated heterocycles. The molecule has 0 bridgehead atoms. The van der Waals surface area contributed by atoms with Gasteiger partial charge in [0.15, 0.2) is 0 Å². The number of anilines is 1. The summed E-state index contributed by atoms with van der Waals surface area (Å²) in [5, 5.41) is 7.01. The summed E-state index contributed by atoms with van der Waals surface area (Å²) < 4.78 is 2.41. The summed E-state index contributed by atoms with van der Waals surface area (Å²) in [4.78, 5) is 15.9. The molecular formula is C12H13BrN4O. The van der Waals surface area contributed by atoms with Crippen molar-refractivity contribution in [3.63, 3.8) is 0 Å². The van der Waals surface area contributed by atoms with Crippen molar-refractivity contribution in [2.75, 3.05) is 5.32 Å². The molecule has 1 N–H and O–H groups in total. The first kappa shape index (κ1) is 12.8. The summed E-state index contributed by atoms with van der Waals surface area (Å²) in [5.74, 6) is -0.120. The number of aromatic nitrogens is 3. The van der Waals surface area contributed by atoms with Crippen molar-refractivity contribution >= 4 is 27.5 Å². The van der Waals surface area contributed by atoms with Gasteiger partial charge in [0.25, 0.3) is 0 Å². The molecule has 0 saturated carbocycles. The lowest BCUT2D eigenvalue weighted by molar-refractivity contribution is -0.116. The lowest BCUT2D eigenvalue weighted by Gasteiger charge is -2.06. The van der Waals surface area contributed by atoms with Gasteiger partial charge in [0.2, 0.25) is 5.91 Å². The van der Waals surface area contributed by atoms with Crippen LogP contribution < -0.4 is 5.32 Å². The van der Waals surface area contributed by atoms with Gasteiger partial charge in [-0.15, -0.1) is 0 Å². The molecule has 0 aliphatic rings. The Morgan fingerprint density at radius 3 is 2.78 bits per heavy atom. The van der Waals surface area contributed by atoms with Gasteiger partial charge in [-0.25, -0.2) is 4.98 Å². The van der Waals surface area contributed by atoms with E-state index < -0.39 is 0 Å². The van der Waals surface area contributed by atoms with Crippen LogP contribution in [0.2, 0.25) is 0 Å². The molecule has 18 heavy (non-hydrogen) atoms. The van der Waals surface area contributed by atoms with E-state index in [9.17, 15) is 4.79 Å². The molecule has 2 aromatic rings. The molecule has 0 fully saturated rings. The van der Waals surface area contributed by atoms with Gasteiger partial charge in [0.1, 0.15) is 11.1 Å². The number of rotatable bonds is 3. The molecular weight excluding hydrogens is 296 g/mol. The van der Waals surface area contributed by atoms with Crippen molar-refractivity contribution in [1.82, 2.24) is 14.8 Å². The highest BCUT2D eigenvalue weighted by Crippen LogP contribution is 2.10. The van der Waals surface area contributed by atoms with E-state index in [0.717, 1.165) is 16.0 Å². The first-order valence-electron chi connectivity index (χ1n) is 5.47. The molecule has 0 atom stereocenters. The Morgan fingerprint density at radius 2 is 2.22 bits per heavy atom. The lowest BCUT2D eigenvalue weighted by atomic mass is 10.4. The second-order valence-corrected chi connectivity index (χ2v) is 4.82. The van der Waals surface area contributed by atoms with Gasteiger partial charge in [0, 0.05) is 5.69 Å². The number of pyridine rings is 1. The standard InChI is InChI=1S/C12H13BrN4O/c1-8-5-9(2)17(16-8)7-12(18)15-10-3-4-11(13)14-6-10/h3-6H,7H2,1-2H3,(H,15,18). The molecule has 0 unspecified atom stereocenters. The van der Waals surface area contributed by atoms with Gasteiger partial charge in [-0.05, 0) is 48.0 Å². The molecule has 2 heterocycles. The van der Waals surface area contributed by atoms with Crippen molar-refractivity contribution in [3.05, 3.63) is 40.4 Å². The van der Waals surface area contributed by atoms with Crippen molar-refractivity contribution in [2.24, 2.45) is 0 Å². The fourth-order valence-corrected chi connectivity index (χ4v) is 1.86. The summed E-state index contributed by atoms with van der Waals surface area (Å²) in [6.45, 7) is 4.03. The van der Waals surface area contributed by atoms with Gasteiger partial charge >= 0.3 is 0 Å². The van der Waals surface area contributed by atoms with Crippen LogP contribution in [-0.4, -0.2) is 20.7 Å². The van der Waals surface area contributed by atoms with E-state index in [4.69, 9.17) is 0 Å². The monoisotopic (exact) mass is 308 g/mol. The average molecular weight is 309 g/mol. The average Bonchev–Trinajstić information content (AvgIpc) is 2.61. The zero-order chi connectivity index (χ0) is 13.1. The maximum absolute atomic E-state index is 11.8. The summed E-state index contributed by atoms with van der Waals surface area (Å²) >= 11 is 3.24. The van der Waals surface area contributed by atoms with Crippen LogP contribution in [0, 0.1) is 13.8 Å². The number of halogens is 1. The number of amides is 1. The first-order chi connectivity index (χ1) is 8.54. The van der Waals surface area contributed by atoms with Crippen molar-refractivity contribution in [1.29, 1.82) is 0 Å². The van der Waals surface area contributed by atoms with E-state index in [0.29, 0.717) is 5.69 Å². The predicted molar refractivity (Wildman–Crippen MR) is 72.3 cm³/mol. The van der Waals surface area contributed by atoms with Gasteiger partial charge < -0.3 is 5.32 Å². The van der Waals surface area contributed by atoms with Crippen LogP contribution in [0.25, 0.3) is 0 Å². The molecule has 6 heteroatoms. The minimum absolute atomic E-state index is 0.120. The third-order valence-corrected chi connectivity index (χ3v) is 2.88. The lowest BCUT2D eigenvalue weighted by Crippen LogP contribution is -2.20. The smallest absolute Gasteiger partial charge is 0.246 e. The van der Waals surface area contributed by atoms with E-state index in [-0.39, 0.29) is 12.5 Å². The third kappa shape index (κ3) is 3.16. The second-order valence-electron chi connectivity index (χ2n) is 4.00. The first-order valence-corrected chi connectivity index (χ1v) is 6.26. The minimum atomic E-state index is -0.120. The Bertz CT molecular complexity index is 562. The zero-order valence-corrected chi connectivity index (χ0v) is 11.7. The fourth-order valence-electron chi connectivity index (χ4n) is 1.62. The highest BCUT2D eigenvalue weighted by atomic mass is 79.9. The van der Waals surface area contributed by atoms with Crippen LogP contribution in [0.5, 0.6) is 0 Å². The molecule has 0 aliphatic carbocycles. The Kier molecular flexibility index (Phi) is 3.76. The third-order valence-electron chi connectivity index (χ3n) is 2.41. The van der Waals surface area contributed by atoms with Gasteiger partial charge in [-0.1, -0.05) is 0 Å². The number of carbonyl (C=O) groups is 1. The van der Waals surface area contributed by atoms with Crippen LogP contribution in [0.15, 0.2) is 29.0 Å². The van der Waals surface area contributed by atoms with E-state index in [1.54, 1.807) is 23.0 Å². The van der Waals surface area contributed by atoms with Gasteiger partial charge in [0.05, 0.1) is 17.6 Å². The minimum Gasteiger partial charge on any atom is -0.323 e. The fraction of sp³-hybridized carbons (Fsp3) is 0.250. The zero-order valence-electron chi connectivity index (χ0n) is 10.1. The number of hydrogen-bond donors (Lipinski definition) is 1. The summed E-state index contributed by atoms with van der Waals surface area (Å²) in [5.41, 5.74) is 2.55. The van der Waals surface area contributed by atoms with Crippen LogP contribution in [-0.2, 0) is 11.3 Å². The van der Waals surface area contributed by atoms with Crippen LogP contribution in [0.3, 0.4) is 0 Å². The second kappa shape index (κ2) is 5.30. The topological polar surface area (TPSA) is 59.8 Å². The van der Waals surface area contributed by atoms with Crippen molar-refractivity contribution in [3.8, 4) is 0 Å². The molecule has 5 nitrogen and oxygen atoms in total. The summed E-state index contributed by atoms with van der Waals surface area (Å²) in [6, 6.07) is 5.50. The quantitative estimate of drug-likeness (QED) is 0.885. The molecule has 94 valence electrons. The van der Waals surface area contributed by atoms with Crippen LogP contribution >= 0.6 is 15.9 Å². The van der Waals surface area contributed by atoms with E-state index >= 15 is 0 Å². The maximum Gasteiger partial charge on any atom is 0.246 e. The van der Waals surface area contributed by atoms with Gasteiger partial charge in [-0.3, -0.25) is 9.48 Å². The normalized spacial score (nSPS) is 10.4. The number of hydrogen-bond acceptors (Lipinski definition) is 3. The maximum atomic E-state index is 11.8. The molecule has 0 aliphatic heterocycles. The SMILES string of the molecule is Cc1cc(C)n(CC(=O)Nc2ccc(Br)nc2)n1. The molecule has 0 aromatic carbocycles. The molecule has 2 rings (SSSR count). The van der Waals surface area contributed by atoms with E-state index in [2.05, 4.69) is 31.3 Å². The highest BCUT2D eigenvalue weighted by Gasteiger charge is 2.07. The number of nitrogens with one attached hydrogen (secondary N) is 1. The molecule has 1 amide bonds. The highest BCUT2D eigenvalue weighted by molar-refractivity contribution is 9.10. The summed E-state index contributed by atoms with van der Waals surface area (Å²) in [6.07, 6.45) is 1.60. The van der Waals surface area contributed by atoms with Crippen LogP contribution in [0.1, 0.15) is 11.4 Å². The Hall–Kier alpha value is -1.69. The van der Waals surface area contributed by atoms with E-state index in [1.807, 2.05) is 19.9 Å². The number of aryl methyl sites for hydroxylation is 2. The predicted octanol–water partition coefficient (Wildman–Crippen LogP) is 2.30. The Morgan fingerprint density at radius 1 is 1.44 bits per heavy atom. The number of carbonyl (C=O) groups excluding carboxylic acids is 1. The van der Waals surface area contributed by atoms with Gasteiger partial charge in [-0.2, -0.15) is 5.10 Å². The van der Waals surface area contributed by atoms with Crippen LogP contribution in [0.4, 0.5) is 5.69 Å². The molecule has 2 aromatic heterocycles. The Balaban J connectivity index is 2.01. The Labute approximate surface area is 113 Å². The number of nitrogens with zero attached hydrogens (tertiary/aromatic N) is 3. The summed E-state index contributed by atoms with van der Waals surface area (Å²) in [7, 11) is 0. The van der Waals surface area contributed by atoms with Crippen molar-refractivity contribution in [2.45, 2.75) is 20.4 Å². The molecule has 0 radical (unpaired) electrons. The van der Waals surface area contributed by atoms with Crippen molar-refractivity contribution < 1.29 is 4.79 Å². The molecule has 0 spiro atoms. The largest absolute Gasteiger partial charge is 0.323 e.